The number of hydrogen-bond donors (Lipinski definition) is 1. The number of benzene rings is 1. The average molecular weight is 297 g/mol. The lowest BCUT2D eigenvalue weighted by Gasteiger charge is -2.19. The maximum absolute atomic E-state index is 11.8. The summed E-state index contributed by atoms with van der Waals surface area (Å²) in [7, 11) is 0. The second-order valence-electron chi connectivity index (χ2n) is 5.98. The van der Waals surface area contributed by atoms with Gasteiger partial charge in [0.05, 0.1) is 0 Å². The molecule has 1 N–H and O–H groups in total. The highest BCUT2D eigenvalue weighted by Gasteiger charge is 2.16. The summed E-state index contributed by atoms with van der Waals surface area (Å²) in [6.45, 7) is 7.57. The van der Waals surface area contributed by atoms with E-state index >= 15 is 0 Å². The molecule has 22 heavy (non-hydrogen) atoms. The van der Waals surface area contributed by atoms with Crippen molar-refractivity contribution in [2.45, 2.75) is 39.7 Å². The fraction of sp³-hybridized carbons (Fsp3) is 0.333. The Labute approximate surface area is 131 Å². The number of nitrogens with one attached hydrogen (secondary N) is 1. The zero-order valence-corrected chi connectivity index (χ0v) is 13.4. The summed E-state index contributed by atoms with van der Waals surface area (Å²) in [5, 5.41) is 2.66. The van der Waals surface area contributed by atoms with Gasteiger partial charge in [-0.2, -0.15) is 0 Å². The molecule has 0 aliphatic rings. The summed E-state index contributed by atoms with van der Waals surface area (Å²) in [4.78, 5) is 16.0. The molecular formula is C18H21N2O2. The SMILES string of the molecule is CCc1ccc[c]c1-c1ccnc(NC(=O)OC(C)(C)C)c1. The van der Waals surface area contributed by atoms with Crippen molar-refractivity contribution in [1.29, 1.82) is 0 Å². The number of aryl methyl sites for hydroxylation is 1. The average Bonchev–Trinajstić information content (AvgIpc) is 2.45. The molecular weight excluding hydrogens is 276 g/mol. The van der Waals surface area contributed by atoms with E-state index in [-0.39, 0.29) is 0 Å². The minimum atomic E-state index is -0.537. The van der Waals surface area contributed by atoms with Gasteiger partial charge in [-0.1, -0.05) is 25.1 Å². The van der Waals surface area contributed by atoms with E-state index in [4.69, 9.17) is 4.74 Å². The second-order valence-corrected chi connectivity index (χ2v) is 5.98. The molecule has 115 valence electrons. The minimum Gasteiger partial charge on any atom is -0.444 e. The molecule has 1 aromatic carbocycles. The molecule has 4 nitrogen and oxygen atoms in total. The summed E-state index contributed by atoms with van der Waals surface area (Å²) < 4.78 is 5.23. The Hall–Kier alpha value is -2.36. The van der Waals surface area contributed by atoms with Crippen LogP contribution in [-0.4, -0.2) is 16.7 Å². The number of carbonyl (C=O) groups is 1. The molecule has 0 aliphatic heterocycles. The molecule has 2 aromatic rings. The van der Waals surface area contributed by atoms with E-state index in [0.717, 1.165) is 17.5 Å². The number of anilines is 1. The van der Waals surface area contributed by atoms with Crippen molar-refractivity contribution in [2.24, 2.45) is 0 Å². The van der Waals surface area contributed by atoms with Gasteiger partial charge in [0.25, 0.3) is 0 Å². The van der Waals surface area contributed by atoms with E-state index in [1.54, 1.807) is 6.20 Å². The van der Waals surface area contributed by atoms with Crippen LogP contribution in [0.5, 0.6) is 0 Å². The fourth-order valence-electron chi connectivity index (χ4n) is 2.10. The number of ether oxygens (including phenoxy) is 1. The van der Waals surface area contributed by atoms with Crippen molar-refractivity contribution in [3.8, 4) is 11.1 Å². The monoisotopic (exact) mass is 297 g/mol. The van der Waals surface area contributed by atoms with E-state index < -0.39 is 11.7 Å². The van der Waals surface area contributed by atoms with Gasteiger partial charge in [0.15, 0.2) is 0 Å². The van der Waals surface area contributed by atoms with Gasteiger partial charge >= 0.3 is 6.09 Å². The molecule has 0 aliphatic carbocycles. The summed E-state index contributed by atoms with van der Waals surface area (Å²) in [6.07, 6.45) is 2.08. The van der Waals surface area contributed by atoms with Crippen LogP contribution in [0.3, 0.4) is 0 Å². The Kier molecular flexibility index (Phi) is 4.81. The molecule has 1 radical (unpaired) electrons. The van der Waals surface area contributed by atoms with Crippen LogP contribution in [0.15, 0.2) is 36.5 Å². The number of nitrogens with zero attached hydrogens (tertiary/aromatic N) is 1. The smallest absolute Gasteiger partial charge is 0.413 e. The van der Waals surface area contributed by atoms with E-state index in [2.05, 4.69) is 29.4 Å². The molecule has 0 atom stereocenters. The van der Waals surface area contributed by atoms with Crippen LogP contribution in [0.2, 0.25) is 0 Å². The lowest BCUT2D eigenvalue weighted by atomic mass is 9.99. The zero-order valence-electron chi connectivity index (χ0n) is 13.4. The van der Waals surface area contributed by atoms with E-state index in [9.17, 15) is 4.79 Å². The Bertz CT molecular complexity index is 660. The van der Waals surface area contributed by atoms with Crippen molar-refractivity contribution < 1.29 is 9.53 Å². The van der Waals surface area contributed by atoms with Crippen LogP contribution in [0.1, 0.15) is 33.3 Å². The predicted molar refractivity (Wildman–Crippen MR) is 87.7 cm³/mol. The second kappa shape index (κ2) is 6.60. The molecule has 1 aromatic heterocycles. The largest absolute Gasteiger partial charge is 0.444 e. The first kappa shape index (κ1) is 16.0. The third kappa shape index (κ3) is 4.32. The molecule has 0 fully saturated rings. The third-order valence-corrected chi connectivity index (χ3v) is 3.00. The molecule has 0 saturated heterocycles. The first-order valence-corrected chi connectivity index (χ1v) is 7.35. The van der Waals surface area contributed by atoms with Crippen LogP contribution >= 0.6 is 0 Å². The standard InChI is InChI=1S/C18H21N2O2/c1-5-13-8-6-7-9-15(13)14-10-11-19-16(12-14)20-17(21)22-18(2,3)4/h6-8,10-12H,5H2,1-4H3,(H,19,20,21). The highest BCUT2D eigenvalue weighted by molar-refractivity contribution is 5.84. The van der Waals surface area contributed by atoms with Crippen molar-refractivity contribution in [3.63, 3.8) is 0 Å². The highest BCUT2D eigenvalue weighted by Crippen LogP contribution is 2.25. The number of hydrogen-bond acceptors (Lipinski definition) is 3. The maximum atomic E-state index is 11.8. The number of carbonyl (C=O) groups excluding carboxylic acids is 1. The quantitative estimate of drug-likeness (QED) is 0.910. The van der Waals surface area contributed by atoms with Crippen LogP contribution in [0, 0.1) is 6.07 Å². The molecule has 0 spiro atoms. The van der Waals surface area contributed by atoms with Crippen molar-refractivity contribution in [2.75, 3.05) is 5.32 Å². The summed E-state index contributed by atoms with van der Waals surface area (Å²) in [5.74, 6) is 0.464. The van der Waals surface area contributed by atoms with Crippen LogP contribution in [-0.2, 0) is 11.2 Å². The lowest BCUT2D eigenvalue weighted by Crippen LogP contribution is -2.27. The maximum Gasteiger partial charge on any atom is 0.413 e. The molecule has 0 bridgehead atoms. The number of aromatic nitrogens is 1. The van der Waals surface area contributed by atoms with Crippen molar-refractivity contribution in [1.82, 2.24) is 4.98 Å². The topological polar surface area (TPSA) is 51.2 Å². The van der Waals surface area contributed by atoms with Crippen molar-refractivity contribution in [3.05, 3.63) is 48.2 Å². The lowest BCUT2D eigenvalue weighted by molar-refractivity contribution is 0.0635. The predicted octanol–water partition coefficient (Wildman–Crippen LogP) is 4.46. The minimum absolute atomic E-state index is 0.464. The van der Waals surface area contributed by atoms with Gasteiger partial charge in [-0.25, -0.2) is 9.78 Å². The van der Waals surface area contributed by atoms with Gasteiger partial charge in [0.1, 0.15) is 11.4 Å². The fourth-order valence-corrected chi connectivity index (χ4v) is 2.10. The third-order valence-electron chi connectivity index (χ3n) is 3.00. The molecule has 1 heterocycles. The Morgan fingerprint density at radius 1 is 1.36 bits per heavy atom. The molecule has 0 unspecified atom stereocenters. The van der Waals surface area contributed by atoms with Gasteiger partial charge in [0.2, 0.25) is 0 Å². The summed E-state index contributed by atoms with van der Waals surface area (Å²) in [6, 6.07) is 12.9. The van der Waals surface area contributed by atoms with Gasteiger partial charge in [0, 0.05) is 6.20 Å². The Balaban J connectivity index is 2.22. The van der Waals surface area contributed by atoms with Crippen LogP contribution in [0.4, 0.5) is 10.6 Å². The van der Waals surface area contributed by atoms with Crippen LogP contribution < -0.4 is 5.32 Å². The molecule has 1 amide bonds. The van der Waals surface area contributed by atoms with Gasteiger partial charge in [-0.05, 0) is 62.1 Å². The molecule has 2 rings (SSSR count). The number of rotatable bonds is 3. The summed E-state index contributed by atoms with van der Waals surface area (Å²) in [5.41, 5.74) is 2.67. The van der Waals surface area contributed by atoms with E-state index in [1.165, 1.54) is 5.56 Å². The number of pyridine rings is 1. The van der Waals surface area contributed by atoms with Gasteiger partial charge in [-0.15, -0.1) is 0 Å². The number of amides is 1. The van der Waals surface area contributed by atoms with Gasteiger partial charge < -0.3 is 4.74 Å². The summed E-state index contributed by atoms with van der Waals surface area (Å²) >= 11 is 0. The zero-order chi connectivity index (χ0) is 16.2. The molecule has 4 heteroatoms. The van der Waals surface area contributed by atoms with Gasteiger partial charge in [-0.3, -0.25) is 5.32 Å². The highest BCUT2D eigenvalue weighted by atomic mass is 16.6. The first-order valence-electron chi connectivity index (χ1n) is 7.35. The van der Waals surface area contributed by atoms with Crippen molar-refractivity contribution >= 4 is 11.9 Å². The Morgan fingerprint density at radius 3 is 2.82 bits per heavy atom. The van der Waals surface area contributed by atoms with E-state index in [0.29, 0.717) is 5.82 Å². The normalized spacial score (nSPS) is 11.1. The molecule has 0 saturated carbocycles. The van der Waals surface area contributed by atoms with E-state index in [1.807, 2.05) is 45.0 Å². The first-order chi connectivity index (χ1) is 10.4. The van der Waals surface area contributed by atoms with Crippen LogP contribution in [0.25, 0.3) is 11.1 Å². The Morgan fingerprint density at radius 2 is 2.14 bits per heavy atom.